The molecule has 0 bridgehead atoms. The number of aryl methyl sites for hydroxylation is 1. The third-order valence-corrected chi connectivity index (χ3v) is 1.97. The van der Waals surface area contributed by atoms with Crippen LogP contribution in [0.5, 0.6) is 0 Å². The zero-order valence-corrected chi connectivity index (χ0v) is 9.15. The van der Waals surface area contributed by atoms with Gasteiger partial charge >= 0.3 is 5.97 Å². The highest BCUT2D eigenvalue weighted by Crippen LogP contribution is 2.10. The minimum absolute atomic E-state index is 0.161. The van der Waals surface area contributed by atoms with E-state index < -0.39 is 11.9 Å². The molecular weight excluding hydrogens is 206 g/mol. The lowest BCUT2D eigenvalue weighted by atomic mass is 10.2. The maximum Gasteiger partial charge on any atom is 0.328 e. The second-order valence-corrected chi connectivity index (χ2v) is 3.49. The lowest BCUT2D eigenvalue weighted by Crippen LogP contribution is -2.13. The van der Waals surface area contributed by atoms with E-state index in [1.807, 2.05) is 25.1 Å². The molecule has 1 aromatic carbocycles. The molecule has 1 amide bonds. The summed E-state index contributed by atoms with van der Waals surface area (Å²) in [5.74, 6) is -1.54. The van der Waals surface area contributed by atoms with Crippen molar-refractivity contribution in [1.29, 1.82) is 0 Å². The molecule has 0 aliphatic rings. The Morgan fingerprint density at radius 1 is 1.38 bits per heavy atom. The number of rotatable bonds is 3. The van der Waals surface area contributed by atoms with Crippen molar-refractivity contribution in [2.75, 3.05) is 5.32 Å². The van der Waals surface area contributed by atoms with Crippen LogP contribution in [-0.4, -0.2) is 17.0 Å². The number of aliphatic carboxylic acids is 1. The number of amides is 1. The van der Waals surface area contributed by atoms with Crippen LogP contribution in [0.4, 0.5) is 5.69 Å². The zero-order valence-electron chi connectivity index (χ0n) is 9.15. The van der Waals surface area contributed by atoms with Crippen LogP contribution in [0, 0.1) is 6.92 Å². The van der Waals surface area contributed by atoms with E-state index in [4.69, 9.17) is 5.11 Å². The van der Waals surface area contributed by atoms with Gasteiger partial charge in [0.1, 0.15) is 0 Å². The van der Waals surface area contributed by atoms with Gasteiger partial charge in [0.25, 0.3) is 5.91 Å². The maximum absolute atomic E-state index is 11.5. The van der Waals surface area contributed by atoms with Crippen molar-refractivity contribution in [3.8, 4) is 0 Å². The summed E-state index contributed by atoms with van der Waals surface area (Å²) in [6.07, 6.45) is 0.880. The lowest BCUT2D eigenvalue weighted by molar-refractivity contribution is -0.131. The zero-order chi connectivity index (χ0) is 12.1. The molecule has 4 nitrogen and oxygen atoms in total. The van der Waals surface area contributed by atoms with Crippen LogP contribution < -0.4 is 5.32 Å². The van der Waals surface area contributed by atoms with Crippen molar-refractivity contribution in [1.82, 2.24) is 0 Å². The molecule has 0 fully saturated rings. The molecule has 0 aliphatic heterocycles. The fourth-order valence-corrected chi connectivity index (χ4v) is 1.20. The summed E-state index contributed by atoms with van der Waals surface area (Å²) in [6, 6.07) is 7.29. The highest BCUT2D eigenvalue weighted by Gasteiger charge is 2.06. The Bertz CT molecular complexity index is 449. The number of benzene rings is 1. The standard InChI is InChI=1S/C12H13NO3/c1-8-4-3-5-10(6-8)13-12(16)9(2)7-11(14)15/h3-7H,1-2H3,(H,13,16)(H,14,15)/b9-7+. The molecule has 0 atom stereocenters. The first-order chi connectivity index (χ1) is 7.49. The van der Waals surface area contributed by atoms with Crippen molar-refractivity contribution in [3.05, 3.63) is 41.5 Å². The summed E-state index contributed by atoms with van der Waals surface area (Å²) >= 11 is 0. The summed E-state index contributed by atoms with van der Waals surface area (Å²) in [7, 11) is 0. The molecule has 0 radical (unpaired) electrons. The summed E-state index contributed by atoms with van der Waals surface area (Å²) in [4.78, 5) is 21.9. The number of carbonyl (C=O) groups excluding carboxylic acids is 1. The van der Waals surface area contributed by atoms with Crippen LogP contribution >= 0.6 is 0 Å². The number of anilines is 1. The number of hydrogen-bond donors (Lipinski definition) is 2. The lowest BCUT2D eigenvalue weighted by Gasteiger charge is -2.05. The van der Waals surface area contributed by atoms with Gasteiger partial charge in [-0.3, -0.25) is 4.79 Å². The van der Waals surface area contributed by atoms with E-state index >= 15 is 0 Å². The smallest absolute Gasteiger partial charge is 0.328 e. The molecule has 0 saturated carbocycles. The fourth-order valence-electron chi connectivity index (χ4n) is 1.20. The SMILES string of the molecule is C/C(=C\C(=O)O)C(=O)Nc1cccc(C)c1. The molecule has 0 unspecified atom stereocenters. The molecule has 16 heavy (non-hydrogen) atoms. The van der Waals surface area contributed by atoms with E-state index in [0.717, 1.165) is 11.6 Å². The van der Waals surface area contributed by atoms with Crippen LogP contribution in [0.15, 0.2) is 35.9 Å². The minimum Gasteiger partial charge on any atom is -0.478 e. The van der Waals surface area contributed by atoms with Crippen molar-refractivity contribution < 1.29 is 14.7 Å². The van der Waals surface area contributed by atoms with Gasteiger partial charge in [-0.25, -0.2) is 4.79 Å². The Kier molecular flexibility index (Phi) is 3.83. The van der Waals surface area contributed by atoms with E-state index in [1.165, 1.54) is 6.92 Å². The largest absolute Gasteiger partial charge is 0.478 e. The highest BCUT2D eigenvalue weighted by atomic mass is 16.4. The second-order valence-electron chi connectivity index (χ2n) is 3.49. The Morgan fingerprint density at radius 3 is 2.62 bits per heavy atom. The first kappa shape index (κ1) is 12.0. The molecule has 4 heteroatoms. The van der Waals surface area contributed by atoms with Crippen LogP contribution in [0.1, 0.15) is 12.5 Å². The second kappa shape index (κ2) is 5.11. The van der Waals surface area contributed by atoms with E-state index in [1.54, 1.807) is 6.07 Å². The van der Waals surface area contributed by atoms with Crippen molar-refractivity contribution in [2.45, 2.75) is 13.8 Å². The Balaban J connectivity index is 2.75. The van der Waals surface area contributed by atoms with Gasteiger partial charge in [0.05, 0.1) is 0 Å². The highest BCUT2D eigenvalue weighted by molar-refractivity contribution is 6.06. The normalized spacial score (nSPS) is 11.0. The maximum atomic E-state index is 11.5. The van der Waals surface area contributed by atoms with Gasteiger partial charge in [0, 0.05) is 17.3 Å². The average Bonchev–Trinajstić information content (AvgIpc) is 2.16. The Morgan fingerprint density at radius 2 is 2.06 bits per heavy atom. The first-order valence-corrected chi connectivity index (χ1v) is 4.78. The van der Waals surface area contributed by atoms with Gasteiger partial charge in [-0.2, -0.15) is 0 Å². The summed E-state index contributed by atoms with van der Waals surface area (Å²) in [5.41, 5.74) is 1.84. The van der Waals surface area contributed by atoms with Gasteiger partial charge in [-0.1, -0.05) is 12.1 Å². The molecule has 1 rings (SSSR count). The van der Waals surface area contributed by atoms with E-state index in [9.17, 15) is 9.59 Å². The molecule has 0 heterocycles. The van der Waals surface area contributed by atoms with Gasteiger partial charge < -0.3 is 10.4 Å². The molecule has 0 aromatic heterocycles. The van der Waals surface area contributed by atoms with Crippen molar-refractivity contribution in [2.24, 2.45) is 0 Å². The number of carboxylic acid groups (broad SMARTS) is 1. The monoisotopic (exact) mass is 219 g/mol. The number of carboxylic acids is 1. The number of nitrogens with one attached hydrogen (secondary N) is 1. The number of carbonyl (C=O) groups is 2. The summed E-state index contributed by atoms with van der Waals surface area (Å²) in [5, 5.41) is 11.1. The molecular formula is C12H13NO3. The van der Waals surface area contributed by atoms with Crippen LogP contribution in [0.3, 0.4) is 0 Å². The van der Waals surface area contributed by atoms with Gasteiger partial charge in [0.15, 0.2) is 0 Å². The van der Waals surface area contributed by atoms with Crippen LogP contribution in [0.25, 0.3) is 0 Å². The predicted molar refractivity (Wildman–Crippen MR) is 61.2 cm³/mol. The van der Waals surface area contributed by atoms with E-state index in [-0.39, 0.29) is 5.57 Å². The summed E-state index contributed by atoms with van der Waals surface area (Å²) in [6.45, 7) is 3.37. The Hall–Kier alpha value is -2.10. The molecule has 0 aliphatic carbocycles. The average molecular weight is 219 g/mol. The first-order valence-electron chi connectivity index (χ1n) is 4.78. The molecule has 2 N–H and O–H groups in total. The minimum atomic E-state index is -1.13. The molecule has 0 saturated heterocycles. The molecule has 84 valence electrons. The topological polar surface area (TPSA) is 66.4 Å². The molecule has 0 spiro atoms. The molecule has 1 aromatic rings. The third-order valence-electron chi connectivity index (χ3n) is 1.97. The predicted octanol–water partition coefficient (Wildman–Crippen LogP) is 1.96. The quantitative estimate of drug-likeness (QED) is 0.764. The van der Waals surface area contributed by atoms with E-state index in [2.05, 4.69) is 5.32 Å². The van der Waals surface area contributed by atoms with Gasteiger partial charge in [0.2, 0.25) is 0 Å². The fraction of sp³-hybridized carbons (Fsp3) is 0.167. The van der Waals surface area contributed by atoms with Gasteiger partial charge in [-0.05, 0) is 31.5 Å². The van der Waals surface area contributed by atoms with E-state index in [0.29, 0.717) is 5.69 Å². The van der Waals surface area contributed by atoms with Crippen LogP contribution in [-0.2, 0) is 9.59 Å². The summed E-state index contributed by atoms with van der Waals surface area (Å²) < 4.78 is 0. The number of hydrogen-bond acceptors (Lipinski definition) is 2. The van der Waals surface area contributed by atoms with Crippen molar-refractivity contribution >= 4 is 17.6 Å². The Labute approximate surface area is 93.6 Å². The third kappa shape index (κ3) is 3.57. The van der Waals surface area contributed by atoms with Gasteiger partial charge in [-0.15, -0.1) is 0 Å². The van der Waals surface area contributed by atoms with Crippen molar-refractivity contribution in [3.63, 3.8) is 0 Å². The van der Waals surface area contributed by atoms with Crippen LogP contribution in [0.2, 0.25) is 0 Å².